The van der Waals surface area contributed by atoms with Gasteiger partial charge in [-0.3, -0.25) is 9.88 Å². The van der Waals surface area contributed by atoms with Crippen LogP contribution < -0.4 is 0 Å². The van der Waals surface area contributed by atoms with Gasteiger partial charge in [-0.25, -0.2) is 4.79 Å². The van der Waals surface area contributed by atoms with Crippen LogP contribution in [0.25, 0.3) is 22.6 Å². The Kier molecular flexibility index (Phi) is 6.75. The number of furan rings is 1. The van der Waals surface area contributed by atoms with E-state index in [4.69, 9.17) is 18.4 Å². The maximum Gasteiger partial charge on any atom is 0.410 e. The second-order valence-electron chi connectivity index (χ2n) is 10.3. The minimum absolute atomic E-state index is 0.0288. The molecule has 0 aromatic carbocycles. The van der Waals surface area contributed by atoms with Crippen molar-refractivity contribution in [3.8, 4) is 11.7 Å². The Morgan fingerprint density at radius 2 is 1.94 bits per heavy atom. The fraction of sp³-hybridized carbons (Fsp3) is 0.600. The standard InChI is InChI=1S/C25H33N5O5/c1-25(2,3)34-24(31)30-12-7-17(8-13-30)32-16-22-27-23(35-28-22)21-14-18-19(15-29-10-4-5-11-29)26-9-6-20(18)33-21/h6,9,14,17H,4-5,7-8,10-13,15-16H2,1-3H3. The van der Waals surface area contributed by atoms with Crippen molar-refractivity contribution in [3.63, 3.8) is 0 Å². The van der Waals surface area contributed by atoms with Gasteiger partial charge in [-0.1, -0.05) is 5.16 Å². The first-order valence-corrected chi connectivity index (χ1v) is 12.4. The number of aromatic nitrogens is 3. The van der Waals surface area contributed by atoms with Crippen LogP contribution in [0.1, 0.15) is 58.0 Å². The maximum absolute atomic E-state index is 12.2. The molecule has 3 aromatic rings. The number of likely N-dealkylation sites (tertiary alicyclic amines) is 2. The summed E-state index contributed by atoms with van der Waals surface area (Å²) < 4.78 is 22.9. The van der Waals surface area contributed by atoms with Crippen LogP contribution in [0, 0.1) is 0 Å². The molecule has 3 aromatic heterocycles. The SMILES string of the molecule is CC(C)(C)OC(=O)N1CCC(OCc2noc(-c3cc4c(CN5CCCC5)nccc4o3)n2)CC1. The molecule has 10 heteroatoms. The van der Waals surface area contributed by atoms with E-state index in [2.05, 4.69) is 20.0 Å². The highest BCUT2D eigenvalue weighted by Gasteiger charge is 2.27. The second-order valence-corrected chi connectivity index (χ2v) is 10.3. The number of amides is 1. The molecule has 2 aliphatic rings. The average molecular weight is 484 g/mol. The molecule has 0 aliphatic carbocycles. The van der Waals surface area contributed by atoms with Gasteiger partial charge in [-0.15, -0.1) is 0 Å². The van der Waals surface area contributed by atoms with E-state index in [0.717, 1.165) is 49.1 Å². The third-order valence-electron chi connectivity index (χ3n) is 6.32. The number of rotatable bonds is 6. The summed E-state index contributed by atoms with van der Waals surface area (Å²) in [5.74, 6) is 1.32. The lowest BCUT2D eigenvalue weighted by atomic mass is 10.1. The van der Waals surface area contributed by atoms with Crippen molar-refractivity contribution in [2.24, 2.45) is 0 Å². The molecule has 2 aliphatic heterocycles. The predicted octanol–water partition coefficient (Wildman–Crippen LogP) is 4.39. The molecule has 0 atom stereocenters. The van der Waals surface area contributed by atoms with Gasteiger partial charge in [0.1, 0.15) is 17.8 Å². The summed E-state index contributed by atoms with van der Waals surface area (Å²) in [6.07, 6.45) is 5.48. The Bertz CT molecular complexity index is 1150. The van der Waals surface area contributed by atoms with E-state index < -0.39 is 5.60 Å². The molecule has 0 unspecified atom stereocenters. The number of nitrogens with zero attached hydrogens (tertiary/aromatic N) is 5. The number of pyridine rings is 1. The fourth-order valence-electron chi connectivity index (χ4n) is 4.54. The maximum atomic E-state index is 12.2. The first kappa shape index (κ1) is 23.7. The van der Waals surface area contributed by atoms with Crippen LogP contribution in [0.3, 0.4) is 0 Å². The van der Waals surface area contributed by atoms with E-state index in [-0.39, 0.29) is 18.8 Å². The molecule has 0 saturated carbocycles. The van der Waals surface area contributed by atoms with E-state index in [0.29, 0.717) is 30.6 Å². The number of piperidine rings is 1. The van der Waals surface area contributed by atoms with E-state index in [1.807, 2.05) is 32.9 Å². The van der Waals surface area contributed by atoms with Crippen LogP contribution in [0.15, 0.2) is 27.3 Å². The number of carbonyl (C=O) groups excluding carboxylic acids is 1. The summed E-state index contributed by atoms with van der Waals surface area (Å²) in [4.78, 5) is 25.4. The normalized spacial score (nSPS) is 18.0. The Morgan fingerprint density at radius 3 is 2.69 bits per heavy atom. The lowest BCUT2D eigenvalue weighted by Crippen LogP contribution is -2.43. The number of ether oxygens (including phenoxy) is 2. The van der Waals surface area contributed by atoms with Crippen molar-refractivity contribution in [2.45, 2.75) is 71.3 Å². The van der Waals surface area contributed by atoms with Crippen molar-refractivity contribution >= 4 is 17.1 Å². The molecule has 0 bridgehead atoms. The van der Waals surface area contributed by atoms with Crippen molar-refractivity contribution < 1.29 is 23.2 Å². The Morgan fingerprint density at radius 1 is 1.17 bits per heavy atom. The summed E-state index contributed by atoms with van der Waals surface area (Å²) in [5.41, 5.74) is 1.27. The number of carbonyl (C=O) groups is 1. The fourth-order valence-corrected chi connectivity index (χ4v) is 4.54. The highest BCUT2D eigenvalue weighted by Crippen LogP contribution is 2.29. The Hall–Kier alpha value is -2.98. The topological polar surface area (TPSA) is 107 Å². The zero-order chi connectivity index (χ0) is 24.4. The summed E-state index contributed by atoms with van der Waals surface area (Å²) in [6, 6.07) is 3.79. The van der Waals surface area contributed by atoms with Gasteiger partial charge in [0.2, 0.25) is 0 Å². The predicted molar refractivity (Wildman–Crippen MR) is 127 cm³/mol. The third kappa shape index (κ3) is 5.82. The van der Waals surface area contributed by atoms with E-state index in [9.17, 15) is 4.79 Å². The summed E-state index contributed by atoms with van der Waals surface area (Å²) in [6.45, 7) is 10.1. The van der Waals surface area contributed by atoms with Gasteiger partial charge < -0.3 is 23.3 Å². The van der Waals surface area contributed by atoms with Gasteiger partial charge in [0.15, 0.2) is 11.6 Å². The van der Waals surface area contributed by atoms with Crippen LogP contribution in [0.5, 0.6) is 0 Å². The van der Waals surface area contributed by atoms with E-state index >= 15 is 0 Å². The van der Waals surface area contributed by atoms with Gasteiger partial charge >= 0.3 is 6.09 Å². The van der Waals surface area contributed by atoms with Crippen LogP contribution >= 0.6 is 0 Å². The summed E-state index contributed by atoms with van der Waals surface area (Å²) in [7, 11) is 0. The van der Waals surface area contributed by atoms with E-state index in [1.165, 1.54) is 12.8 Å². The number of hydrogen-bond donors (Lipinski definition) is 0. The largest absolute Gasteiger partial charge is 0.451 e. The lowest BCUT2D eigenvalue weighted by molar-refractivity contribution is -0.0190. The molecule has 35 heavy (non-hydrogen) atoms. The van der Waals surface area contributed by atoms with Crippen LogP contribution in [-0.2, 0) is 22.6 Å². The molecule has 0 N–H and O–H groups in total. The molecule has 188 valence electrons. The van der Waals surface area contributed by atoms with Gasteiger partial charge in [0.05, 0.1) is 11.8 Å². The number of hydrogen-bond acceptors (Lipinski definition) is 9. The highest BCUT2D eigenvalue weighted by atomic mass is 16.6. The van der Waals surface area contributed by atoms with Crippen molar-refractivity contribution in [1.29, 1.82) is 0 Å². The molecular weight excluding hydrogens is 450 g/mol. The van der Waals surface area contributed by atoms with Crippen LogP contribution in [0.2, 0.25) is 0 Å². The van der Waals surface area contributed by atoms with Crippen LogP contribution in [-0.4, -0.2) is 68.9 Å². The van der Waals surface area contributed by atoms with Crippen molar-refractivity contribution in [2.75, 3.05) is 26.2 Å². The zero-order valence-corrected chi connectivity index (χ0v) is 20.7. The Balaban J connectivity index is 1.16. The van der Waals surface area contributed by atoms with Crippen LogP contribution in [0.4, 0.5) is 4.79 Å². The smallest absolute Gasteiger partial charge is 0.410 e. The highest BCUT2D eigenvalue weighted by molar-refractivity contribution is 5.83. The molecular formula is C25H33N5O5. The molecule has 0 spiro atoms. The molecule has 5 rings (SSSR count). The molecule has 10 nitrogen and oxygen atoms in total. The summed E-state index contributed by atoms with van der Waals surface area (Å²) in [5, 5.41) is 5.03. The first-order chi connectivity index (χ1) is 16.8. The van der Waals surface area contributed by atoms with Crippen molar-refractivity contribution in [3.05, 3.63) is 29.8 Å². The monoisotopic (exact) mass is 483 g/mol. The first-order valence-electron chi connectivity index (χ1n) is 12.4. The number of fused-ring (bicyclic) bond motifs is 1. The molecule has 1 amide bonds. The Labute approximate surface area is 204 Å². The average Bonchev–Trinajstić information content (AvgIpc) is 3.58. The quantitative estimate of drug-likeness (QED) is 0.504. The van der Waals surface area contributed by atoms with Gasteiger partial charge in [0.25, 0.3) is 5.89 Å². The molecule has 5 heterocycles. The van der Waals surface area contributed by atoms with Gasteiger partial charge in [-0.2, -0.15) is 4.98 Å². The molecule has 2 saturated heterocycles. The third-order valence-corrected chi connectivity index (χ3v) is 6.32. The molecule has 2 fully saturated rings. The minimum Gasteiger partial charge on any atom is -0.451 e. The summed E-state index contributed by atoms with van der Waals surface area (Å²) >= 11 is 0. The van der Waals surface area contributed by atoms with E-state index in [1.54, 1.807) is 11.1 Å². The zero-order valence-electron chi connectivity index (χ0n) is 20.7. The minimum atomic E-state index is -0.493. The lowest BCUT2D eigenvalue weighted by Gasteiger charge is -2.33. The second kappa shape index (κ2) is 9.94. The van der Waals surface area contributed by atoms with Gasteiger partial charge in [0, 0.05) is 31.2 Å². The van der Waals surface area contributed by atoms with Gasteiger partial charge in [-0.05, 0) is 71.7 Å². The van der Waals surface area contributed by atoms with Crippen molar-refractivity contribution in [1.82, 2.24) is 24.9 Å². The molecule has 0 radical (unpaired) electrons.